The van der Waals surface area contributed by atoms with Crippen LogP contribution in [0.4, 0.5) is 0 Å². The first kappa shape index (κ1) is 9.78. The van der Waals surface area contributed by atoms with Crippen LogP contribution < -0.4 is 29.6 Å². The van der Waals surface area contributed by atoms with E-state index in [1.165, 1.54) is 0 Å². The van der Waals surface area contributed by atoms with Gasteiger partial charge in [0.05, 0.1) is 0 Å². The molecule has 44 valence electrons. The monoisotopic (exact) mass is 214 g/mol. The second-order valence-electron chi connectivity index (χ2n) is 1.21. The summed E-state index contributed by atoms with van der Waals surface area (Å²) >= 11 is 7.94. The molecular formula is C4H4BrN2NaS. The molecule has 0 aromatic carbocycles. The molecule has 0 aliphatic heterocycles. The Hall–Kier alpha value is 0.780. The Bertz CT molecular complexity index is 241. The summed E-state index contributed by atoms with van der Waals surface area (Å²) in [7, 11) is 0. The molecule has 1 aromatic heterocycles. The summed E-state index contributed by atoms with van der Waals surface area (Å²) in [6, 6.07) is 0. The van der Waals surface area contributed by atoms with Crippen LogP contribution in [0.15, 0.2) is 17.0 Å². The first-order valence-corrected chi connectivity index (χ1v) is 3.20. The predicted molar refractivity (Wildman–Crippen MR) is 38.2 cm³/mol. The summed E-state index contributed by atoms with van der Waals surface area (Å²) in [5, 5.41) is 0. The SMILES string of the molecule is S=c1[nH]ccnc1Br.[H-].[Na+]. The van der Waals surface area contributed by atoms with Crippen molar-refractivity contribution < 1.29 is 31.0 Å². The van der Waals surface area contributed by atoms with E-state index in [-0.39, 0.29) is 31.0 Å². The Morgan fingerprint density at radius 2 is 2.44 bits per heavy atom. The van der Waals surface area contributed by atoms with E-state index < -0.39 is 0 Å². The van der Waals surface area contributed by atoms with Gasteiger partial charge in [0.1, 0.15) is 9.24 Å². The molecule has 0 amide bonds. The van der Waals surface area contributed by atoms with Crippen molar-refractivity contribution in [2.45, 2.75) is 0 Å². The molecule has 9 heavy (non-hydrogen) atoms. The van der Waals surface area contributed by atoms with E-state index in [1.54, 1.807) is 12.4 Å². The second-order valence-corrected chi connectivity index (χ2v) is 2.37. The van der Waals surface area contributed by atoms with Gasteiger partial charge in [-0.3, -0.25) is 0 Å². The van der Waals surface area contributed by atoms with E-state index in [0.717, 1.165) is 0 Å². The zero-order valence-corrected chi connectivity index (χ0v) is 9.29. The molecule has 0 aliphatic carbocycles. The minimum Gasteiger partial charge on any atom is -1.00 e. The summed E-state index contributed by atoms with van der Waals surface area (Å²) in [5.41, 5.74) is 0. The Kier molecular flexibility index (Phi) is 4.97. The smallest absolute Gasteiger partial charge is 1.00 e. The fourth-order valence-corrected chi connectivity index (χ4v) is 0.687. The zero-order valence-electron chi connectivity index (χ0n) is 5.89. The van der Waals surface area contributed by atoms with Gasteiger partial charge < -0.3 is 6.41 Å². The van der Waals surface area contributed by atoms with Gasteiger partial charge in [-0.05, 0) is 15.9 Å². The largest absolute Gasteiger partial charge is 1.00 e. The number of halogens is 1. The van der Waals surface area contributed by atoms with E-state index in [4.69, 9.17) is 12.2 Å². The van der Waals surface area contributed by atoms with E-state index in [9.17, 15) is 0 Å². The Morgan fingerprint density at radius 3 is 2.78 bits per heavy atom. The van der Waals surface area contributed by atoms with Crippen LogP contribution in [-0.2, 0) is 0 Å². The fraction of sp³-hybridized carbons (Fsp3) is 0. The summed E-state index contributed by atoms with van der Waals surface area (Å²) in [5.74, 6) is 0. The first-order valence-electron chi connectivity index (χ1n) is 2.00. The third-order valence-electron chi connectivity index (χ3n) is 0.664. The molecule has 2 nitrogen and oxygen atoms in total. The van der Waals surface area contributed by atoms with Crippen molar-refractivity contribution in [3.63, 3.8) is 0 Å². The number of nitrogens with zero attached hydrogens (tertiary/aromatic N) is 1. The molecule has 1 N–H and O–H groups in total. The van der Waals surface area contributed by atoms with Crippen molar-refractivity contribution >= 4 is 28.1 Å². The molecule has 0 fully saturated rings. The molecule has 0 radical (unpaired) electrons. The van der Waals surface area contributed by atoms with Crippen LogP contribution in [0, 0.1) is 4.64 Å². The molecule has 0 bridgehead atoms. The average molecular weight is 215 g/mol. The molecular weight excluding hydrogens is 211 g/mol. The molecule has 0 atom stereocenters. The molecule has 0 aliphatic rings. The maximum Gasteiger partial charge on any atom is 1.00 e. The molecule has 0 saturated heterocycles. The van der Waals surface area contributed by atoms with Gasteiger partial charge in [-0.2, -0.15) is 0 Å². The van der Waals surface area contributed by atoms with Gasteiger partial charge in [0, 0.05) is 12.4 Å². The minimum absolute atomic E-state index is 0. The predicted octanol–water partition coefficient (Wildman–Crippen LogP) is -0.982. The maximum absolute atomic E-state index is 4.79. The number of H-pyrrole nitrogens is 1. The number of aromatic amines is 1. The standard InChI is InChI=1S/C4H3BrN2S.Na.H/c5-3-4(8)7-2-1-6-3;;/h1-2H,(H,7,8);;/q;+1;-1. The molecule has 5 heteroatoms. The van der Waals surface area contributed by atoms with E-state index in [1.807, 2.05) is 0 Å². The van der Waals surface area contributed by atoms with Crippen LogP contribution in [0.1, 0.15) is 1.43 Å². The summed E-state index contributed by atoms with van der Waals surface area (Å²) in [6.45, 7) is 0. The number of aromatic nitrogens is 2. The van der Waals surface area contributed by atoms with Crippen molar-refractivity contribution in [3.05, 3.63) is 21.6 Å². The zero-order chi connectivity index (χ0) is 5.98. The Morgan fingerprint density at radius 1 is 1.78 bits per heavy atom. The maximum atomic E-state index is 4.79. The van der Waals surface area contributed by atoms with Crippen LogP contribution >= 0.6 is 28.1 Å². The first-order chi connectivity index (χ1) is 3.80. The van der Waals surface area contributed by atoms with Gasteiger partial charge in [-0.1, -0.05) is 12.2 Å². The minimum atomic E-state index is 0. The van der Waals surface area contributed by atoms with Gasteiger partial charge in [-0.25, -0.2) is 4.98 Å². The van der Waals surface area contributed by atoms with Crippen molar-refractivity contribution in [1.82, 2.24) is 9.97 Å². The van der Waals surface area contributed by atoms with Gasteiger partial charge in [0.25, 0.3) is 0 Å². The quantitative estimate of drug-likeness (QED) is 0.445. The second kappa shape index (κ2) is 4.57. The number of hydrogen-bond donors (Lipinski definition) is 1. The van der Waals surface area contributed by atoms with Crippen LogP contribution in [0.2, 0.25) is 0 Å². The van der Waals surface area contributed by atoms with Gasteiger partial charge in [0.15, 0.2) is 0 Å². The fourth-order valence-electron chi connectivity index (χ4n) is 0.334. The molecule has 1 aromatic rings. The van der Waals surface area contributed by atoms with Gasteiger partial charge in [-0.15, -0.1) is 0 Å². The molecule has 0 spiro atoms. The van der Waals surface area contributed by atoms with Crippen LogP contribution in [0.5, 0.6) is 0 Å². The average Bonchev–Trinajstić information content (AvgIpc) is 1.77. The van der Waals surface area contributed by atoms with Crippen molar-refractivity contribution in [3.8, 4) is 0 Å². The topological polar surface area (TPSA) is 28.7 Å². The van der Waals surface area contributed by atoms with Crippen molar-refractivity contribution in [1.29, 1.82) is 0 Å². The van der Waals surface area contributed by atoms with Crippen molar-refractivity contribution in [2.24, 2.45) is 0 Å². The Balaban J connectivity index is 0. The molecule has 0 unspecified atom stereocenters. The molecule has 1 heterocycles. The Labute approximate surface area is 90.0 Å². The van der Waals surface area contributed by atoms with Crippen LogP contribution in [-0.4, -0.2) is 9.97 Å². The number of nitrogens with one attached hydrogen (secondary N) is 1. The third-order valence-corrected chi connectivity index (χ3v) is 1.84. The van der Waals surface area contributed by atoms with Crippen LogP contribution in [0.25, 0.3) is 0 Å². The summed E-state index contributed by atoms with van der Waals surface area (Å²) < 4.78 is 1.32. The molecule has 1 rings (SSSR count). The van der Waals surface area contributed by atoms with Gasteiger partial charge in [0.2, 0.25) is 0 Å². The van der Waals surface area contributed by atoms with E-state index >= 15 is 0 Å². The summed E-state index contributed by atoms with van der Waals surface area (Å²) in [6.07, 6.45) is 3.33. The number of hydrogen-bond acceptors (Lipinski definition) is 2. The third kappa shape index (κ3) is 2.91. The van der Waals surface area contributed by atoms with E-state index in [0.29, 0.717) is 9.24 Å². The normalized spacial score (nSPS) is 8.11. The van der Waals surface area contributed by atoms with Crippen LogP contribution in [0.3, 0.4) is 0 Å². The van der Waals surface area contributed by atoms with Gasteiger partial charge >= 0.3 is 29.6 Å². The number of rotatable bonds is 0. The summed E-state index contributed by atoms with van der Waals surface area (Å²) in [4.78, 5) is 6.66. The van der Waals surface area contributed by atoms with E-state index in [2.05, 4.69) is 25.9 Å². The van der Waals surface area contributed by atoms with Crippen molar-refractivity contribution in [2.75, 3.05) is 0 Å². The molecule has 0 saturated carbocycles.